The molecule has 2 rings (SSSR count). The van der Waals surface area contributed by atoms with Gasteiger partial charge in [-0.25, -0.2) is 4.39 Å². The molecule has 1 aromatic rings. The summed E-state index contributed by atoms with van der Waals surface area (Å²) in [4.78, 5) is 2.12. The van der Waals surface area contributed by atoms with E-state index in [1.165, 1.54) is 7.11 Å². The first kappa shape index (κ1) is 12.2. The third kappa shape index (κ3) is 2.36. The zero-order valence-corrected chi connectivity index (χ0v) is 10.6. The van der Waals surface area contributed by atoms with Crippen molar-refractivity contribution in [1.82, 2.24) is 4.90 Å². The SMILES string of the molecule is COc1ccc2c(c1F)C(CCN(C)C)CN2. The van der Waals surface area contributed by atoms with Crippen molar-refractivity contribution in [2.75, 3.05) is 39.6 Å². The predicted octanol–water partition coefficient (Wildman–Crippen LogP) is 2.30. The van der Waals surface area contributed by atoms with E-state index in [0.717, 1.165) is 30.8 Å². The molecule has 0 amide bonds. The van der Waals surface area contributed by atoms with E-state index in [-0.39, 0.29) is 11.7 Å². The smallest absolute Gasteiger partial charge is 0.170 e. The highest BCUT2D eigenvalue weighted by Gasteiger charge is 2.27. The summed E-state index contributed by atoms with van der Waals surface area (Å²) in [6.07, 6.45) is 0.955. The Labute approximate surface area is 102 Å². The number of fused-ring (bicyclic) bond motifs is 1. The van der Waals surface area contributed by atoms with Crippen LogP contribution in [0.1, 0.15) is 17.9 Å². The Balaban J connectivity index is 2.23. The fourth-order valence-corrected chi connectivity index (χ4v) is 2.28. The monoisotopic (exact) mass is 238 g/mol. The minimum absolute atomic E-state index is 0.209. The maximum absolute atomic E-state index is 14.2. The van der Waals surface area contributed by atoms with Crippen LogP contribution in [0, 0.1) is 5.82 Å². The summed E-state index contributed by atoms with van der Waals surface area (Å²) in [6, 6.07) is 3.57. The summed E-state index contributed by atoms with van der Waals surface area (Å²) in [5, 5.41) is 3.25. The van der Waals surface area contributed by atoms with Gasteiger partial charge in [-0.3, -0.25) is 0 Å². The minimum Gasteiger partial charge on any atom is -0.494 e. The maximum Gasteiger partial charge on any atom is 0.170 e. The van der Waals surface area contributed by atoms with Gasteiger partial charge in [0.2, 0.25) is 0 Å². The number of benzene rings is 1. The quantitative estimate of drug-likeness (QED) is 0.871. The highest BCUT2D eigenvalue weighted by molar-refractivity contribution is 5.61. The number of hydrogen-bond donors (Lipinski definition) is 1. The van der Waals surface area contributed by atoms with Gasteiger partial charge in [0.25, 0.3) is 0 Å². The van der Waals surface area contributed by atoms with Crippen LogP contribution in [0.5, 0.6) is 5.75 Å². The lowest BCUT2D eigenvalue weighted by Crippen LogP contribution is -2.17. The Morgan fingerprint density at radius 2 is 2.24 bits per heavy atom. The van der Waals surface area contributed by atoms with Crippen molar-refractivity contribution < 1.29 is 9.13 Å². The summed E-state index contributed by atoms with van der Waals surface area (Å²) in [6.45, 7) is 1.77. The number of hydrogen-bond acceptors (Lipinski definition) is 3. The van der Waals surface area contributed by atoms with Crippen LogP contribution in [-0.4, -0.2) is 39.2 Å². The van der Waals surface area contributed by atoms with E-state index in [4.69, 9.17) is 4.74 Å². The van der Waals surface area contributed by atoms with Crippen molar-refractivity contribution in [1.29, 1.82) is 0 Å². The van der Waals surface area contributed by atoms with Gasteiger partial charge in [-0.2, -0.15) is 0 Å². The number of ether oxygens (including phenoxy) is 1. The molecule has 1 heterocycles. The van der Waals surface area contributed by atoms with Gasteiger partial charge < -0.3 is 15.0 Å². The van der Waals surface area contributed by atoms with Gasteiger partial charge >= 0.3 is 0 Å². The van der Waals surface area contributed by atoms with E-state index in [9.17, 15) is 4.39 Å². The molecule has 0 saturated carbocycles. The Bertz CT molecular complexity index is 407. The Kier molecular flexibility index (Phi) is 3.52. The summed E-state index contributed by atoms with van der Waals surface area (Å²) in [7, 11) is 5.57. The lowest BCUT2D eigenvalue weighted by atomic mass is 9.97. The van der Waals surface area contributed by atoms with E-state index >= 15 is 0 Å². The van der Waals surface area contributed by atoms with Crippen LogP contribution < -0.4 is 10.1 Å². The molecule has 0 aromatic heterocycles. The topological polar surface area (TPSA) is 24.5 Å². The highest BCUT2D eigenvalue weighted by Crippen LogP contribution is 2.39. The Hall–Kier alpha value is -1.29. The second-order valence-electron chi connectivity index (χ2n) is 4.71. The Morgan fingerprint density at radius 3 is 2.88 bits per heavy atom. The molecule has 1 aliphatic heterocycles. The lowest BCUT2D eigenvalue weighted by Gasteiger charge is -2.15. The number of methoxy groups -OCH3 is 1. The standard InChI is InChI=1S/C13H19FN2O/c1-16(2)7-6-9-8-15-10-4-5-11(17-3)13(14)12(9)10/h4-5,9,15H,6-8H2,1-3H3. The van der Waals surface area contributed by atoms with Crippen LogP contribution in [0.25, 0.3) is 0 Å². The molecule has 1 aliphatic rings. The van der Waals surface area contributed by atoms with E-state index in [1.54, 1.807) is 6.07 Å². The van der Waals surface area contributed by atoms with Gasteiger partial charge in [0, 0.05) is 23.7 Å². The fourth-order valence-electron chi connectivity index (χ4n) is 2.28. The molecule has 0 radical (unpaired) electrons. The van der Waals surface area contributed by atoms with Crippen molar-refractivity contribution in [3.05, 3.63) is 23.5 Å². The van der Waals surface area contributed by atoms with Crippen LogP contribution in [0.2, 0.25) is 0 Å². The number of rotatable bonds is 4. The molecular weight excluding hydrogens is 219 g/mol. The van der Waals surface area contributed by atoms with Gasteiger partial charge in [0.15, 0.2) is 11.6 Å². The van der Waals surface area contributed by atoms with Crippen molar-refractivity contribution >= 4 is 5.69 Å². The molecule has 1 N–H and O–H groups in total. The summed E-state index contributed by atoms with van der Waals surface area (Å²) < 4.78 is 19.2. The first-order valence-electron chi connectivity index (χ1n) is 5.88. The molecular formula is C13H19FN2O. The average Bonchev–Trinajstić information content (AvgIpc) is 2.71. The van der Waals surface area contributed by atoms with Gasteiger partial charge in [-0.05, 0) is 39.2 Å². The largest absolute Gasteiger partial charge is 0.494 e. The average molecular weight is 238 g/mol. The zero-order valence-electron chi connectivity index (χ0n) is 10.6. The molecule has 0 saturated heterocycles. The first-order valence-corrected chi connectivity index (χ1v) is 5.88. The fraction of sp³-hybridized carbons (Fsp3) is 0.538. The molecule has 3 nitrogen and oxygen atoms in total. The molecule has 0 spiro atoms. The first-order chi connectivity index (χ1) is 8.13. The molecule has 1 aromatic carbocycles. The number of nitrogens with zero attached hydrogens (tertiary/aromatic N) is 1. The van der Waals surface area contributed by atoms with Crippen molar-refractivity contribution in [2.24, 2.45) is 0 Å². The maximum atomic E-state index is 14.2. The van der Waals surface area contributed by atoms with Gasteiger partial charge in [-0.15, -0.1) is 0 Å². The molecule has 0 bridgehead atoms. The minimum atomic E-state index is -0.209. The van der Waals surface area contributed by atoms with Crippen molar-refractivity contribution in [3.8, 4) is 5.75 Å². The number of nitrogens with one attached hydrogen (secondary N) is 1. The zero-order chi connectivity index (χ0) is 12.4. The number of halogens is 1. The van der Waals surface area contributed by atoms with Gasteiger partial charge in [0.1, 0.15) is 0 Å². The molecule has 0 fully saturated rings. The normalized spacial score (nSPS) is 18.1. The summed E-state index contributed by atoms with van der Waals surface area (Å²) in [5.74, 6) is 0.364. The van der Waals surface area contributed by atoms with E-state index < -0.39 is 0 Å². The van der Waals surface area contributed by atoms with Gasteiger partial charge in [-0.1, -0.05) is 0 Å². The van der Waals surface area contributed by atoms with E-state index in [0.29, 0.717) is 5.75 Å². The molecule has 1 atom stereocenters. The van der Waals surface area contributed by atoms with E-state index in [2.05, 4.69) is 10.2 Å². The lowest BCUT2D eigenvalue weighted by molar-refractivity contribution is 0.372. The summed E-state index contributed by atoms with van der Waals surface area (Å²) in [5.41, 5.74) is 1.69. The Morgan fingerprint density at radius 1 is 1.47 bits per heavy atom. The molecule has 94 valence electrons. The third-order valence-electron chi connectivity index (χ3n) is 3.24. The van der Waals surface area contributed by atoms with Crippen LogP contribution in [-0.2, 0) is 0 Å². The van der Waals surface area contributed by atoms with Crippen molar-refractivity contribution in [2.45, 2.75) is 12.3 Å². The highest BCUT2D eigenvalue weighted by atomic mass is 19.1. The third-order valence-corrected chi connectivity index (χ3v) is 3.24. The summed E-state index contributed by atoms with van der Waals surface area (Å²) >= 11 is 0. The molecule has 0 aliphatic carbocycles. The van der Waals surface area contributed by atoms with Crippen LogP contribution in [0.15, 0.2) is 12.1 Å². The molecule has 17 heavy (non-hydrogen) atoms. The van der Waals surface area contributed by atoms with Crippen LogP contribution in [0.4, 0.5) is 10.1 Å². The van der Waals surface area contributed by atoms with Gasteiger partial charge in [0.05, 0.1) is 7.11 Å². The second kappa shape index (κ2) is 4.92. The predicted molar refractivity (Wildman–Crippen MR) is 67.4 cm³/mol. The van der Waals surface area contributed by atoms with Crippen LogP contribution >= 0.6 is 0 Å². The van der Waals surface area contributed by atoms with E-state index in [1.807, 2.05) is 20.2 Å². The molecule has 1 unspecified atom stereocenters. The van der Waals surface area contributed by atoms with Crippen LogP contribution in [0.3, 0.4) is 0 Å². The number of anilines is 1. The molecule has 4 heteroatoms. The second-order valence-corrected chi connectivity index (χ2v) is 4.71. The van der Waals surface area contributed by atoms with Crippen molar-refractivity contribution in [3.63, 3.8) is 0 Å².